The molecule has 15 heavy (non-hydrogen) atoms. The van der Waals surface area contributed by atoms with Gasteiger partial charge in [0.15, 0.2) is 0 Å². The summed E-state index contributed by atoms with van der Waals surface area (Å²) in [4.78, 5) is 2.76. The molecule has 2 heterocycles. The van der Waals surface area contributed by atoms with Crippen LogP contribution in [0.5, 0.6) is 0 Å². The van der Waals surface area contributed by atoms with Gasteiger partial charge >= 0.3 is 0 Å². The van der Waals surface area contributed by atoms with Crippen LogP contribution in [0.4, 0.5) is 0 Å². The zero-order chi connectivity index (χ0) is 11.1. The predicted molar refractivity (Wildman–Crippen MR) is 64.8 cm³/mol. The molecule has 2 aliphatic rings. The maximum Gasteiger partial charge on any atom is 0.0113 e. The number of piperidine rings is 2. The van der Waals surface area contributed by atoms with Gasteiger partial charge in [0.2, 0.25) is 0 Å². The highest BCUT2D eigenvalue weighted by molar-refractivity contribution is 4.95. The van der Waals surface area contributed by atoms with E-state index in [4.69, 9.17) is 5.73 Å². The number of nitrogens with two attached hydrogens (primary N) is 1. The third-order valence-corrected chi connectivity index (χ3v) is 3.82. The molecule has 2 heteroatoms. The van der Waals surface area contributed by atoms with Gasteiger partial charge in [-0.3, -0.25) is 4.90 Å². The Morgan fingerprint density at radius 1 is 1.13 bits per heavy atom. The number of nitrogens with zero attached hydrogens (tertiary/aromatic N) is 1. The molecule has 2 unspecified atom stereocenters. The topological polar surface area (TPSA) is 29.3 Å². The van der Waals surface area contributed by atoms with Crippen LogP contribution in [0.1, 0.15) is 52.9 Å². The summed E-state index contributed by atoms with van der Waals surface area (Å²) < 4.78 is 0. The Kier molecular flexibility index (Phi) is 3.09. The van der Waals surface area contributed by atoms with Gasteiger partial charge in [0, 0.05) is 24.7 Å². The van der Waals surface area contributed by atoms with Gasteiger partial charge in [0.25, 0.3) is 0 Å². The zero-order valence-electron chi connectivity index (χ0n) is 10.5. The summed E-state index contributed by atoms with van der Waals surface area (Å²) in [6, 6.07) is 2.04. The van der Waals surface area contributed by atoms with Gasteiger partial charge in [-0.1, -0.05) is 27.2 Å². The lowest BCUT2D eigenvalue weighted by atomic mass is 9.80. The van der Waals surface area contributed by atoms with Crippen LogP contribution in [0.3, 0.4) is 0 Å². The van der Waals surface area contributed by atoms with E-state index in [-0.39, 0.29) is 0 Å². The summed E-state index contributed by atoms with van der Waals surface area (Å²) in [7, 11) is 0. The Morgan fingerprint density at radius 3 is 2.13 bits per heavy atom. The summed E-state index contributed by atoms with van der Waals surface area (Å²) in [6.45, 7) is 8.28. The molecule has 2 N–H and O–H groups in total. The van der Waals surface area contributed by atoms with Crippen molar-refractivity contribution in [1.82, 2.24) is 4.90 Å². The van der Waals surface area contributed by atoms with Crippen molar-refractivity contribution in [2.75, 3.05) is 6.54 Å². The lowest BCUT2D eigenvalue weighted by molar-refractivity contribution is 0.00674. The molecule has 0 aromatic carbocycles. The smallest absolute Gasteiger partial charge is 0.0113 e. The Labute approximate surface area is 94.2 Å². The molecule has 0 aliphatic carbocycles. The molecule has 2 atom stereocenters. The minimum atomic E-state index is 0.426. The van der Waals surface area contributed by atoms with Crippen LogP contribution in [-0.2, 0) is 0 Å². The monoisotopic (exact) mass is 210 g/mol. The van der Waals surface area contributed by atoms with Gasteiger partial charge in [-0.25, -0.2) is 0 Å². The fourth-order valence-corrected chi connectivity index (χ4v) is 3.33. The Morgan fingerprint density at radius 2 is 1.67 bits per heavy atom. The molecule has 2 rings (SSSR count). The first-order valence-corrected chi connectivity index (χ1v) is 6.47. The maximum atomic E-state index is 6.12. The van der Waals surface area contributed by atoms with Crippen LogP contribution in [0, 0.1) is 5.41 Å². The van der Waals surface area contributed by atoms with Crippen LogP contribution >= 0.6 is 0 Å². The van der Waals surface area contributed by atoms with Crippen molar-refractivity contribution < 1.29 is 0 Å². The SMILES string of the molecule is CC(C)(C)CN1C2CCCC1CC(N)C2. The standard InChI is InChI=1S/C13H26N2/c1-13(2,3)9-15-11-5-4-6-12(15)8-10(14)7-11/h10-12H,4-9,14H2,1-3H3. The highest BCUT2D eigenvalue weighted by Crippen LogP contribution is 2.35. The van der Waals surface area contributed by atoms with E-state index in [9.17, 15) is 0 Å². The summed E-state index contributed by atoms with van der Waals surface area (Å²) in [5, 5.41) is 0. The third-order valence-electron chi connectivity index (χ3n) is 3.82. The van der Waals surface area contributed by atoms with E-state index in [0.29, 0.717) is 11.5 Å². The minimum absolute atomic E-state index is 0.426. The third kappa shape index (κ3) is 2.73. The molecule has 2 bridgehead atoms. The second kappa shape index (κ2) is 4.06. The largest absolute Gasteiger partial charge is 0.328 e. The fraction of sp³-hybridized carbons (Fsp3) is 1.00. The van der Waals surface area contributed by atoms with Crippen LogP contribution in [0.25, 0.3) is 0 Å². The van der Waals surface area contributed by atoms with Crippen molar-refractivity contribution in [1.29, 1.82) is 0 Å². The first kappa shape index (κ1) is 11.4. The minimum Gasteiger partial charge on any atom is -0.328 e. The molecule has 0 amide bonds. The zero-order valence-corrected chi connectivity index (χ0v) is 10.5. The van der Waals surface area contributed by atoms with Crippen LogP contribution in [0.15, 0.2) is 0 Å². The quantitative estimate of drug-likeness (QED) is 0.720. The van der Waals surface area contributed by atoms with Crippen molar-refractivity contribution in [3.05, 3.63) is 0 Å². The molecule has 0 aromatic heterocycles. The molecule has 0 spiro atoms. The maximum absolute atomic E-state index is 6.12. The molecular formula is C13H26N2. The average molecular weight is 210 g/mol. The van der Waals surface area contributed by atoms with E-state index in [1.54, 1.807) is 0 Å². The van der Waals surface area contributed by atoms with Gasteiger partial charge in [-0.15, -0.1) is 0 Å². The number of hydrogen-bond donors (Lipinski definition) is 1. The van der Waals surface area contributed by atoms with Gasteiger partial charge < -0.3 is 5.73 Å². The van der Waals surface area contributed by atoms with Crippen molar-refractivity contribution in [2.24, 2.45) is 11.1 Å². The van der Waals surface area contributed by atoms with Gasteiger partial charge in [0.05, 0.1) is 0 Å². The van der Waals surface area contributed by atoms with Gasteiger partial charge in [-0.05, 0) is 31.1 Å². The second-order valence-electron chi connectivity index (χ2n) is 6.70. The summed E-state index contributed by atoms with van der Waals surface area (Å²) >= 11 is 0. The normalized spacial score (nSPS) is 38.0. The number of rotatable bonds is 1. The highest BCUT2D eigenvalue weighted by Gasteiger charge is 2.38. The lowest BCUT2D eigenvalue weighted by Crippen LogP contribution is -2.57. The Bertz CT molecular complexity index is 205. The first-order chi connectivity index (χ1) is 6.96. The molecule has 2 fully saturated rings. The van der Waals surface area contributed by atoms with Gasteiger partial charge in [-0.2, -0.15) is 0 Å². The summed E-state index contributed by atoms with van der Waals surface area (Å²) in [5.74, 6) is 0. The van der Waals surface area contributed by atoms with E-state index in [0.717, 1.165) is 12.1 Å². The molecule has 0 aromatic rings. The summed E-state index contributed by atoms with van der Waals surface area (Å²) in [5.41, 5.74) is 6.55. The predicted octanol–water partition coefficient (Wildman–Crippen LogP) is 2.38. The van der Waals surface area contributed by atoms with E-state index in [1.807, 2.05) is 0 Å². The van der Waals surface area contributed by atoms with E-state index in [1.165, 1.54) is 38.6 Å². The van der Waals surface area contributed by atoms with Crippen molar-refractivity contribution >= 4 is 0 Å². The molecule has 0 saturated carbocycles. The van der Waals surface area contributed by atoms with Crippen molar-refractivity contribution in [2.45, 2.75) is 71.0 Å². The first-order valence-electron chi connectivity index (χ1n) is 6.47. The molecule has 2 nitrogen and oxygen atoms in total. The van der Waals surface area contributed by atoms with E-state index in [2.05, 4.69) is 25.7 Å². The van der Waals surface area contributed by atoms with Gasteiger partial charge in [0.1, 0.15) is 0 Å². The number of fused-ring (bicyclic) bond motifs is 2. The Hall–Kier alpha value is -0.0800. The molecule has 2 aliphatic heterocycles. The molecular weight excluding hydrogens is 184 g/mol. The highest BCUT2D eigenvalue weighted by atomic mass is 15.2. The molecule has 2 saturated heterocycles. The Balaban J connectivity index is 2.04. The molecule has 88 valence electrons. The fourth-order valence-electron chi connectivity index (χ4n) is 3.33. The van der Waals surface area contributed by atoms with Crippen molar-refractivity contribution in [3.63, 3.8) is 0 Å². The average Bonchev–Trinajstić information content (AvgIpc) is 2.04. The second-order valence-corrected chi connectivity index (χ2v) is 6.70. The summed E-state index contributed by atoms with van der Waals surface area (Å²) in [6.07, 6.45) is 6.63. The molecule has 0 radical (unpaired) electrons. The van der Waals surface area contributed by atoms with Crippen LogP contribution in [-0.4, -0.2) is 29.6 Å². The van der Waals surface area contributed by atoms with Crippen molar-refractivity contribution in [3.8, 4) is 0 Å². The number of hydrogen-bond acceptors (Lipinski definition) is 2. The van der Waals surface area contributed by atoms with E-state index >= 15 is 0 Å². The van der Waals surface area contributed by atoms with E-state index < -0.39 is 0 Å². The lowest BCUT2D eigenvalue weighted by Gasteiger charge is -2.50. The van der Waals surface area contributed by atoms with Crippen LogP contribution in [0.2, 0.25) is 0 Å². The van der Waals surface area contributed by atoms with Crippen LogP contribution < -0.4 is 5.73 Å².